The molecule has 6 rings (SSSR count). The van der Waals surface area contributed by atoms with Gasteiger partial charge in [-0.25, -0.2) is 0 Å². The van der Waals surface area contributed by atoms with E-state index in [-0.39, 0.29) is 6.61 Å². The van der Waals surface area contributed by atoms with Gasteiger partial charge in [0, 0.05) is 49.3 Å². The van der Waals surface area contributed by atoms with Crippen molar-refractivity contribution < 1.29 is 14.6 Å². The highest BCUT2D eigenvalue weighted by atomic mass is 16.5. The van der Waals surface area contributed by atoms with Gasteiger partial charge in [-0.1, -0.05) is 48.5 Å². The van der Waals surface area contributed by atoms with E-state index >= 15 is 0 Å². The van der Waals surface area contributed by atoms with Crippen LogP contribution in [-0.4, -0.2) is 34.7 Å². The molecule has 42 heavy (non-hydrogen) atoms. The molecular weight excluding hydrogens is 522 g/mol. The lowest BCUT2D eigenvalue weighted by atomic mass is 9.97. The number of rotatable bonds is 10. The molecule has 2 heterocycles. The third-order valence-corrected chi connectivity index (χ3v) is 8.68. The topological polar surface area (TPSA) is 78.6 Å². The minimum atomic E-state index is 0.234. The minimum Gasteiger partial charge on any atom is -0.488 e. The van der Waals surface area contributed by atoms with Crippen LogP contribution in [0.5, 0.6) is 11.5 Å². The summed E-state index contributed by atoms with van der Waals surface area (Å²) in [4.78, 5) is 6.64. The Morgan fingerprint density at radius 3 is 2.62 bits per heavy atom. The quantitative estimate of drug-likeness (QED) is 0.243. The number of pyridine rings is 1. The number of aliphatic hydroxyl groups is 1. The zero-order valence-electron chi connectivity index (χ0n) is 24.2. The van der Waals surface area contributed by atoms with E-state index in [9.17, 15) is 10.4 Å². The summed E-state index contributed by atoms with van der Waals surface area (Å²) in [5.74, 6) is 2.05. The van der Waals surface area contributed by atoms with Gasteiger partial charge in [0.2, 0.25) is 0 Å². The maximum absolute atomic E-state index is 9.71. The van der Waals surface area contributed by atoms with Gasteiger partial charge < -0.3 is 14.6 Å². The third-order valence-electron chi connectivity index (χ3n) is 8.68. The summed E-state index contributed by atoms with van der Waals surface area (Å²) in [7, 11) is 0. The number of nitrogens with zero attached hydrogens (tertiary/aromatic N) is 3. The van der Waals surface area contributed by atoms with Gasteiger partial charge in [-0.2, -0.15) is 5.26 Å². The van der Waals surface area contributed by atoms with Gasteiger partial charge >= 0.3 is 0 Å². The van der Waals surface area contributed by atoms with Crippen molar-refractivity contribution in [3.05, 3.63) is 112 Å². The van der Waals surface area contributed by atoms with E-state index in [4.69, 9.17) is 9.47 Å². The molecular formula is C36H37N3O3. The molecule has 0 bridgehead atoms. The fourth-order valence-electron chi connectivity index (χ4n) is 6.37. The van der Waals surface area contributed by atoms with Gasteiger partial charge in [-0.15, -0.1) is 0 Å². The molecule has 0 unspecified atom stereocenters. The van der Waals surface area contributed by atoms with Crippen LogP contribution in [0, 0.1) is 24.2 Å². The highest BCUT2D eigenvalue weighted by molar-refractivity contribution is 5.68. The fourth-order valence-corrected chi connectivity index (χ4v) is 6.37. The minimum absolute atomic E-state index is 0.234. The Hall–Kier alpha value is -4.18. The van der Waals surface area contributed by atoms with Gasteiger partial charge in [0.1, 0.15) is 30.8 Å². The SMILES string of the molecule is Cc1c(COc2cc(OCc3cncc(C#N)c3)c(CN3CC[C@H](CO)C3)c3c2CCC3)cccc1-c1ccccc1. The highest BCUT2D eigenvalue weighted by Gasteiger charge is 2.28. The van der Waals surface area contributed by atoms with Gasteiger partial charge in [-0.05, 0) is 84.5 Å². The molecule has 6 heteroatoms. The Bertz CT molecular complexity index is 1590. The Morgan fingerprint density at radius 1 is 0.976 bits per heavy atom. The van der Waals surface area contributed by atoms with Crippen LogP contribution in [0.1, 0.15) is 51.8 Å². The second kappa shape index (κ2) is 12.8. The van der Waals surface area contributed by atoms with Crippen LogP contribution in [0.15, 0.2) is 73.1 Å². The number of aromatic nitrogens is 1. The van der Waals surface area contributed by atoms with Gasteiger partial charge in [0.25, 0.3) is 0 Å². The van der Waals surface area contributed by atoms with Gasteiger partial charge in [0.05, 0.1) is 5.56 Å². The molecule has 6 nitrogen and oxygen atoms in total. The van der Waals surface area contributed by atoms with E-state index in [1.54, 1.807) is 12.4 Å². The van der Waals surface area contributed by atoms with Crippen LogP contribution in [0.4, 0.5) is 0 Å². The molecule has 1 fully saturated rings. The van der Waals surface area contributed by atoms with Crippen molar-refractivity contribution in [2.24, 2.45) is 5.92 Å². The summed E-state index contributed by atoms with van der Waals surface area (Å²) in [6.07, 6.45) is 7.43. The lowest BCUT2D eigenvalue weighted by Gasteiger charge is -2.23. The predicted molar refractivity (Wildman–Crippen MR) is 163 cm³/mol. The first kappa shape index (κ1) is 28.0. The van der Waals surface area contributed by atoms with E-state index in [1.165, 1.54) is 38.9 Å². The zero-order chi connectivity index (χ0) is 28.9. The fraction of sp³-hybridized carbons (Fsp3) is 0.333. The molecule has 1 aliphatic carbocycles. The molecule has 1 aliphatic heterocycles. The number of hydrogen-bond donors (Lipinski definition) is 1. The first-order valence-electron chi connectivity index (χ1n) is 14.9. The van der Waals surface area contributed by atoms with Gasteiger partial charge in [-0.3, -0.25) is 9.88 Å². The first-order valence-corrected chi connectivity index (χ1v) is 14.9. The second-order valence-corrected chi connectivity index (χ2v) is 11.5. The Labute approximate surface area is 248 Å². The summed E-state index contributed by atoms with van der Waals surface area (Å²) in [6.45, 7) is 5.88. The Morgan fingerprint density at radius 2 is 1.81 bits per heavy atom. The van der Waals surface area contributed by atoms with Crippen LogP contribution in [-0.2, 0) is 32.6 Å². The average molecular weight is 560 g/mol. The second-order valence-electron chi connectivity index (χ2n) is 11.5. The first-order chi connectivity index (χ1) is 20.6. The zero-order valence-corrected chi connectivity index (χ0v) is 24.2. The van der Waals surface area contributed by atoms with Gasteiger partial charge in [0.15, 0.2) is 0 Å². The number of aliphatic hydroxyl groups excluding tert-OH is 1. The van der Waals surface area contributed by atoms with Crippen molar-refractivity contribution in [2.45, 2.75) is 52.4 Å². The highest BCUT2D eigenvalue weighted by Crippen LogP contribution is 2.41. The van der Waals surface area contributed by atoms with Crippen molar-refractivity contribution >= 4 is 0 Å². The van der Waals surface area contributed by atoms with Crippen LogP contribution in [0.25, 0.3) is 11.1 Å². The average Bonchev–Trinajstić information content (AvgIpc) is 3.71. The molecule has 4 aromatic rings. The standard InChI is InChI=1S/C36H37N3O3/c1-25-30(9-5-10-31(25)29-7-3-2-4-8-29)24-42-35-16-36(41-23-28-15-27(17-37)18-38-19-28)34(32-11-6-12-33(32)35)21-39-14-13-26(20-39)22-40/h2-5,7-10,15-16,18-19,26,40H,6,11-14,20-24H2,1H3/t26-/m0/s1. The molecule has 0 radical (unpaired) electrons. The van der Waals surface area contributed by atoms with Crippen LogP contribution >= 0.6 is 0 Å². The molecule has 0 amide bonds. The van der Waals surface area contributed by atoms with Crippen molar-refractivity contribution in [3.63, 3.8) is 0 Å². The van der Waals surface area contributed by atoms with Crippen molar-refractivity contribution in [3.8, 4) is 28.7 Å². The summed E-state index contributed by atoms with van der Waals surface area (Å²) >= 11 is 0. The third kappa shape index (κ3) is 6.04. The van der Waals surface area contributed by atoms with Crippen LogP contribution in [0.3, 0.4) is 0 Å². The van der Waals surface area contributed by atoms with E-state index in [2.05, 4.69) is 71.4 Å². The Balaban J connectivity index is 1.30. The number of fused-ring (bicyclic) bond motifs is 1. The number of nitriles is 1. The molecule has 2 aliphatic rings. The number of ether oxygens (including phenoxy) is 2. The van der Waals surface area contributed by atoms with E-state index in [1.807, 2.05) is 12.1 Å². The van der Waals surface area contributed by atoms with Crippen molar-refractivity contribution in [2.75, 3.05) is 19.7 Å². The predicted octanol–water partition coefficient (Wildman–Crippen LogP) is 6.39. The summed E-state index contributed by atoms with van der Waals surface area (Å²) in [5, 5.41) is 19.0. The molecule has 0 spiro atoms. The molecule has 214 valence electrons. The lowest BCUT2D eigenvalue weighted by molar-refractivity contribution is 0.218. The van der Waals surface area contributed by atoms with E-state index in [0.29, 0.717) is 24.7 Å². The summed E-state index contributed by atoms with van der Waals surface area (Å²) in [6, 6.07) is 23.0. The van der Waals surface area contributed by atoms with E-state index in [0.717, 1.165) is 62.4 Å². The maximum Gasteiger partial charge on any atom is 0.128 e. The smallest absolute Gasteiger partial charge is 0.128 e. The largest absolute Gasteiger partial charge is 0.488 e. The number of benzene rings is 3. The monoisotopic (exact) mass is 559 g/mol. The molecule has 1 aromatic heterocycles. The molecule has 1 atom stereocenters. The number of hydrogen-bond acceptors (Lipinski definition) is 6. The summed E-state index contributed by atoms with van der Waals surface area (Å²) < 4.78 is 13.1. The normalized spacial score (nSPS) is 16.3. The molecule has 0 saturated carbocycles. The molecule has 1 N–H and O–H groups in total. The summed E-state index contributed by atoms with van der Waals surface area (Å²) in [5.41, 5.74) is 10.1. The van der Waals surface area contributed by atoms with E-state index < -0.39 is 0 Å². The van der Waals surface area contributed by atoms with Crippen LogP contribution in [0.2, 0.25) is 0 Å². The van der Waals surface area contributed by atoms with Crippen molar-refractivity contribution in [1.82, 2.24) is 9.88 Å². The number of likely N-dealkylation sites (tertiary alicyclic amines) is 1. The molecule has 3 aromatic carbocycles. The lowest BCUT2D eigenvalue weighted by Crippen LogP contribution is -2.22. The van der Waals surface area contributed by atoms with Crippen molar-refractivity contribution in [1.29, 1.82) is 5.26 Å². The molecule has 1 saturated heterocycles. The Kier molecular flexibility index (Phi) is 8.50. The van der Waals surface area contributed by atoms with Crippen LogP contribution < -0.4 is 9.47 Å². The maximum atomic E-state index is 9.71.